The minimum atomic E-state index is -0.155. The van der Waals surface area contributed by atoms with Crippen LogP contribution in [0.15, 0.2) is 4.99 Å². The van der Waals surface area contributed by atoms with Gasteiger partial charge in [-0.25, -0.2) is 0 Å². The molecule has 5 N–H and O–H groups in total. The van der Waals surface area contributed by atoms with Crippen molar-refractivity contribution in [2.24, 2.45) is 22.4 Å². The molecule has 0 aliphatic carbocycles. The number of likely N-dealkylation sites (N-methyl/N-ethyl adjacent to an activating group) is 1. The van der Waals surface area contributed by atoms with Gasteiger partial charge in [0.15, 0.2) is 11.7 Å². The molecule has 0 radical (unpaired) electrons. The SMILES string of the molecule is CN[C@H](CCN=C(N)N)C(=O)C(C)C. The number of hydrogen-bond donors (Lipinski definition) is 3. The normalized spacial score (nSPS) is 12.6. The molecule has 0 spiro atoms. The second kappa shape index (κ2) is 6.37. The number of Topliss-reactive ketones (excluding diaryl/α,β-unsaturated/α-hetero) is 1. The average molecular weight is 200 g/mol. The zero-order valence-electron chi connectivity index (χ0n) is 9.08. The van der Waals surface area contributed by atoms with Crippen LogP contribution in [0.5, 0.6) is 0 Å². The highest BCUT2D eigenvalue weighted by Crippen LogP contribution is 2.03. The number of ketones is 1. The molecule has 0 aromatic heterocycles. The van der Waals surface area contributed by atoms with Crippen molar-refractivity contribution < 1.29 is 4.79 Å². The molecule has 1 atom stereocenters. The van der Waals surface area contributed by atoms with Gasteiger partial charge in [-0.15, -0.1) is 0 Å². The van der Waals surface area contributed by atoms with Crippen molar-refractivity contribution in [2.75, 3.05) is 13.6 Å². The number of carbonyl (C=O) groups excluding carboxylic acids is 1. The maximum Gasteiger partial charge on any atom is 0.185 e. The van der Waals surface area contributed by atoms with Crippen LogP contribution in [-0.2, 0) is 4.79 Å². The number of nitrogens with two attached hydrogens (primary N) is 2. The van der Waals surface area contributed by atoms with Crippen LogP contribution in [0.25, 0.3) is 0 Å². The zero-order valence-corrected chi connectivity index (χ0v) is 9.08. The van der Waals surface area contributed by atoms with Gasteiger partial charge < -0.3 is 16.8 Å². The van der Waals surface area contributed by atoms with Crippen LogP contribution >= 0.6 is 0 Å². The molecule has 0 unspecified atom stereocenters. The molecule has 0 saturated heterocycles. The smallest absolute Gasteiger partial charge is 0.185 e. The monoisotopic (exact) mass is 200 g/mol. The van der Waals surface area contributed by atoms with E-state index >= 15 is 0 Å². The van der Waals surface area contributed by atoms with Crippen molar-refractivity contribution in [2.45, 2.75) is 26.3 Å². The summed E-state index contributed by atoms with van der Waals surface area (Å²) in [5.74, 6) is 0.293. The lowest BCUT2D eigenvalue weighted by Gasteiger charge is -2.15. The number of nitrogens with one attached hydrogen (secondary N) is 1. The van der Waals surface area contributed by atoms with Crippen LogP contribution in [-0.4, -0.2) is 31.4 Å². The van der Waals surface area contributed by atoms with Crippen molar-refractivity contribution >= 4 is 11.7 Å². The van der Waals surface area contributed by atoms with E-state index in [0.29, 0.717) is 13.0 Å². The van der Waals surface area contributed by atoms with E-state index in [1.54, 1.807) is 7.05 Å². The molecule has 0 fully saturated rings. The lowest BCUT2D eigenvalue weighted by atomic mass is 9.99. The Labute approximate surface area is 84.9 Å². The van der Waals surface area contributed by atoms with Crippen molar-refractivity contribution in [3.05, 3.63) is 0 Å². The van der Waals surface area contributed by atoms with E-state index in [1.165, 1.54) is 0 Å². The largest absolute Gasteiger partial charge is 0.370 e. The molecule has 0 rings (SSSR count). The van der Waals surface area contributed by atoms with E-state index in [4.69, 9.17) is 11.5 Å². The molecule has 14 heavy (non-hydrogen) atoms. The van der Waals surface area contributed by atoms with Gasteiger partial charge in [-0.1, -0.05) is 13.8 Å². The highest BCUT2D eigenvalue weighted by Gasteiger charge is 2.18. The summed E-state index contributed by atoms with van der Waals surface area (Å²) in [6.45, 7) is 4.24. The lowest BCUT2D eigenvalue weighted by molar-refractivity contribution is -0.123. The first-order chi connectivity index (χ1) is 6.49. The number of rotatable bonds is 6. The van der Waals surface area contributed by atoms with Gasteiger partial charge in [0.1, 0.15) is 0 Å². The van der Waals surface area contributed by atoms with Crippen LogP contribution in [0, 0.1) is 5.92 Å². The van der Waals surface area contributed by atoms with E-state index in [0.717, 1.165) is 0 Å². The maximum absolute atomic E-state index is 11.6. The van der Waals surface area contributed by atoms with Gasteiger partial charge in [0.05, 0.1) is 6.04 Å². The summed E-state index contributed by atoms with van der Waals surface area (Å²) in [5.41, 5.74) is 10.4. The van der Waals surface area contributed by atoms with Gasteiger partial charge in [-0.2, -0.15) is 0 Å². The molecule has 0 aromatic rings. The fourth-order valence-electron chi connectivity index (χ4n) is 1.15. The average Bonchev–Trinajstić information content (AvgIpc) is 2.10. The fraction of sp³-hybridized carbons (Fsp3) is 0.778. The topological polar surface area (TPSA) is 93.5 Å². The number of aliphatic imine (C=N–C) groups is 1. The van der Waals surface area contributed by atoms with E-state index in [-0.39, 0.29) is 23.7 Å². The first kappa shape index (κ1) is 12.9. The number of nitrogens with zero attached hydrogens (tertiary/aromatic N) is 1. The lowest BCUT2D eigenvalue weighted by Crippen LogP contribution is -2.37. The zero-order chi connectivity index (χ0) is 11.1. The summed E-state index contributed by atoms with van der Waals surface area (Å²) in [6, 6.07) is -0.155. The quantitative estimate of drug-likeness (QED) is 0.396. The van der Waals surface area contributed by atoms with E-state index < -0.39 is 0 Å². The number of hydrogen-bond acceptors (Lipinski definition) is 3. The Morgan fingerprint density at radius 2 is 2.00 bits per heavy atom. The maximum atomic E-state index is 11.6. The predicted molar refractivity (Wildman–Crippen MR) is 58.0 cm³/mol. The third kappa shape index (κ3) is 4.81. The summed E-state index contributed by atoms with van der Waals surface area (Å²) < 4.78 is 0. The van der Waals surface area contributed by atoms with E-state index in [9.17, 15) is 4.79 Å². The van der Waals surface area contributed by atoms with Gasteiger partial charge in [0.2, 0.25) is 0 Å². The molecule has 5 nitrogen and oxygen atoms in total. The molecule has 0 saturated carbocycles. The summed E-state index contributed by atoms with van der Waals surface area (Å²) in [4.78, 5) is 15.4. The van der Waals surface area contributed by atoms with Crippen LogP contribution in [0.1, 0.15) is 20.3 Å². The van der Waals surface area contributed by atoms with E-state index in [2.05, 4.69) is 10.3 Å². The summed E-state index contributed by atoms with van der Waals surface area (Å²) >= 11 is 0. The minimum Gasteiger partial charge on any atom is -0.370 e. The Bertz CT molecular complexity index is 209. The Hall–Kier alpha value is -1.10. The summed E-state index contributed by atoms with van der Waals surface area (Å²) in [5, 5.41) is 2.96. The predicted octanol–water partition coefficient (Wildman–Crippen LogP) is -0.537. The third-order valence-corrected chi connectivity index (χ3v) is 1.97. The fourth-order valence-corrected chi connectivity index (χ4v) is 1.15. The Kier molecular flexibility index (Phi) is 5.87. The highest BCUT2D eigenvalue weighted by atomic mass is 16.1. The molecule has 0 aromatic carbocycles. The Balaban J connectivity index is 4.04. The van der Waals surface area contributed by atoms with Crippen molar-refractivity contribution in [3.8, 4) is 0 Å². The molecule has 82 valence electrons. The molecule has 5 heteroatoms. The second-order valence-electron chi connectivity index (χ2n) is 3.49. The summed E-state index contributed by atoms with van der Waals surface area (Å²) in [7, 11) is 1.76. The molecule has 0 amide bonds. The molecule has 0 aliphatic rings. The van der Waals surface area contributed by atoms with Crippen molar-refractivity contribution in [1.29, 1.82) is 0 Å². The van der Waals surface area contributed by atoms with Crippen LogP contribution in [0.4, 0.5) is 0 Å². The van der Waals surface area contributed by atoms with Gasteiger partial charge in [-0.3, -0.25) is 9.79 Å². The molecule has 0 bridgehead atoms. The van der Waals surface area contributed by atoms with Crippen molar-refractivity contribution in [1.82, 2.24) is 5.32 Å². The van der Waals surface area contributed by atoms with Crippen LogP contribution in [0.2, 0.25) is 0 Å². The first-order valence-corrected chi connectivity index (χ1v) is 4.75. The molecule has 0 aliphatic heterocycles. The standard InChI is InChI=1S/C9H20N4O/c1-6(2)8(14)7(12-3)4-5-13-9(10)11/h6-7,12H,4-5H2,1-3H3,(H4,10,11,13)/t7-/m1/s1. The molecular formula is C9H20N4O. The number of carbonyl (C=O) groups is 1. The summed E-state index contributed by atoms with van der Waals surface area (Å²) in [6.07, 6.45) is 0.630. The van der Waals surface area contributed by atoms with Gasteiger partial charge in [0.25, 0.3) is 0 Å². The Morgan fingerprint density at radius 1 is 1.43 bits per heavy atom. The molecular weight excluding hydrogens is 180 g/mol. The second-order valence-corrected chi connectivity index (χ2v) is 3.49. The molecule has 0 heterocycles. The first-order valence-electron chi connectivity index (χ1n) is 4.75. The van der Waals surface area contributed by atoms with Gasteiger partial charge in [0, 0.05) is 12.5 Å². The van der Waals surface area contributed by atoms with E-state index in [1.807, 2.05) is 13.8 Å². The van der Waals surface area contributed by atoms with Crippen LogP contribution in [0.3, 0.4) is 0 Å². The Morgan fingerprint density at radius 3 is 2.36 bits per heavy atom. The number of guanidine groups is 1. The van der Waals surface area contributed by atoms with Gasteiger partial charge in [-0.05, 0) is 13.5 Å². The van der Waals surface area contributed by atoms with Crippen molar-refractivity contribution in [3.63, 3.8) is 0 Å². The highest BCUT2D eigenvalue weighted by molar-refractivity contribution is 5.85. The van der Waals surface area contributed by atoms with Crippen LogP contribution < -0.4 is 16.8 Å². The minimum absolute atomic E-state index is 0.0339. The third-order valence-electron chi connectivity index (χ3n) is 1.97. The van der Waals surface area contributed by atoms with Gasteiger partial charge >= 0.3 is 0 Å².